The standard InChI is InChI=1S/C25H29NO3/c1-5-8-19-17-20(9-6-2)25(29-16-7-3)22(24(19)28)14-15-23(27)18-10-12-21(26-4)13-11-18/h5-6,10-15,17,26,28H,1-2,7-9,16H2,3-4H3/b15-14+. The molecule has 0 saturated carbocycles. The predicted molar refractivity (Wildman–Crippen MR) is 121 cm³/mol. The fraction of sp³-hybridized carbons (Fsp3) is 0.240. The third-order valence-electron chi connectivity index (χ3n) is 4.48. The van der Waals surface area contributed by atoms with Gasteiger partial charge < -0.3 is 15.2 Å². The number of ether oxygens (including phenoxy) is 1. The van der Waals surface area contributed by atoms with Crippen molar-refractivity contribution in [3.05, 3.63) is 84.0 Å². The van der Waals surface area contributed by atoms with E-state index in [0.29, 0.717) is 36.3 Å². The molecule has 2 aromatic carbocycles. The highest BCUT2D eigenvalue weighted by Gasteiger charge is 2.17. The summed E-state index contributed by atoms with van der Waals surface area (Å²) in [4.78, 5) is 12.6. The Morgan fingerprint density at radius 2 is 1.79 bits per heavy atom. The highest BCUT2D eigenvalue weighted by molar-refractivity contribution is 6.07. The molecule has 0 aliphatic heterocycles. The average molecular weight is 392 g/mol. The number of allylic oxidation sites excluding steroid dienone is 3. The van der Waals surface area contributed by atoms with Crippen molar-refractivity contribution in [2.75, 3.05) is 19.0 Å². The maximum absolute atomic E-state index is 12.6. The molecule has 0 amide bonds. The van der Waals surface area contributed by atoms with Crippen LogP contribution in [0.4, 0.5) is 5.69 Å². The molecule has 0 unspecified atom stereocenters. The second-order valence-corrected chi connectivity index (χ2v) is 6.65. The van der Waals surface area contributed by atoms with Gasteiger partial charge in [-0.1, -0.05) is 19.1 Å². The lowest BCUT2D eigenvalue weighted by atomic mass is 9.97. The summed E-state index contributed by atoms with van der Waals surface area (Å²) in [6.45, 7) is 10.1. The molecule has 0 fully saturated rings. The lowest BCUT2D eigenvalue weighted by Gasteiger charge is -2.17. The monoisotopic (exact) mass is 391 g/mol. The normalized spacial score (nSPS) is 10.7. The molecule has 2 rings (SSSR count). The van der Waals surface area contributed by atoms with Crippen LogP contribution in [0.5, 0.6) is 11.5 Å². The van der Waals surface area contributed by atoms with Crippen molar-refractivity contribution in [1.29, 1.82) is 0 Å². The lowest BCUT2D eigenvalue weighted by molar-refractivity contribution is 0.104. The summed E-state index contributed by atoms with van der Waals surface area (Å²) in [6, 6.07) is 9.15. The van der Waals surface area contributed by atoms with Gasteiger partial charge >= 0.3 is 0 Å². The van der Waals surface area contributed by atoms with Gasteiger partial charge in [-0.15, -0.1) is 13.2 Å². The average Bonchev–Trinajstić information content (AvgIpc) is 2.74. The molecular weight excluding hydrogens is 362 g/mol. The minimum Gasteiger partial charge on any atom is -0.507 e. The van der Waals surface area contributed by atoms with E-state index in [1.165, 1.54) is 6.08 Å². The molecule has 0 radical (unpaired) electrons. The number of carbonyl (C=O) groups excluding carboxylic acids is 1. The quantitative estimate of drug-likeness (QED) is 0.298. The third-order valence-corrected chi connectivity index (χ3v) is 4.48. The van der Waals surface area contributed by atoms with Crippen LogP contribution >= 0.6 is 0 Å². The summed E-state index contributed by atoms with van der Waals surface area (Å²) in [7, 11) is 1.83. The number of nitrogens with one attached hydrogen (secondary N) is 1. The third kappa shape index (κ3) is 5.61. The summed E-state index contributed by atoms with van der Waals surface area (Å²) in [5.41, 5.74) is 3.68. The Labute approximate surface area is 173 Å². The first-order chi connectivity index (χ1) is 14.0. The summed E-state index contributed by atoms with van der Waals surface area (Å²) in [6.07, 6.45) is 8.59. The van der Waals surface area contributed by atoms with Gasteiger partial charge in [-0.3, -0.25) is 4.79 Å². The number of benzene rings is 2. The molecule has 29 heavy (non-hydrogen) atoms. The minimum atomic E-state index is -0.145. The van der Waals surface area contributed by atoms with Gasteiger partial charge in [0.25, 0.3) is 0 Å². The van der Waals surface area contributed by atoms with Crippen LogP contribution in [-0.4, -0.2) is 24.5 Å². The van der Waals surface area contributed by atoms with Gasteiger partial charge in [0.2, 0.25) is 0 Å². The number of ketones is 1. The van der Waals surface area contributed by atoms with E-state index >= 15 is 0 Å². The summed E-state index contributed by atoms with van der Waals surface area (Å²) < 4.78 is 5.95. The number of hydrogen-bond acceptors (Lipinski definition) is 4. The smallest absolute Gasteiger partial charge is 0.185 e. The van der Waals surface area contributed by atoms with E-state index in [1.54, 1.807) is 30.4 Å². The van der Waals surface area contributed by atoms with Gasteiger partial charge in [0.1, 0.15) is 11.5 Å². The van der Waals surface area contributed by atoms with Gasteiger partial charge in [0, 0.05) is 18.3 Å². The van der Waals surface area contributed by atoms with E-state index in [-0.39, 0.29) is 11.5 Å². The van der Waals surface area contributed by atoms with Gasteiger partial charge in [-0.2, -0.15) is 0 Å². The number of carbonyl (C=O) groups is 1. The highest BCUT2D eigenvalue weighted by Crippen LogP contribution is 2.37. The topological polar surface area (TPSA) is 58.6 Å². The molecule has 0 aliphatic rings. The Morgan fingerprint density at radius 3 is 2.38 bits per heavy atom. The molecule has 0 atom stereocenters. The van der Waals surface area contributed by atoms with Crippen LogP contribution in [-0.2, 0) is 12.8 Å². The van der Waals surface area contributed by atoms with Crippen molar-refractivity contribution in [2.45, 2.75) is 26.2 Å². The zero-order chi connectivity index (χ0) is 21.2. The SMILES string of the molecule is C=CCc1cc(CC=C)c(OCCC)c(/C=C/C(=O)c2ccc(NC)cc2)c1O. The maximum atomic E-state index is 12.6. The van der Waals surface area contributed by atoms with Gasteiger partial charge in [0.05, 0.1) is 12.2 Å². The Bertz CT molecular complexity index is 895. The molecule has 0 bridgehead atoms. The Balaban J connectivity index is 2.48. The molecule has 0 heterocycles. The molecule has 4 nitrogen and oxygen atoms in total. The first-order valence-electron chi connectivity index (χ1n) is 9.78. The molecule has 0 saturated heterocycles. The molecular formula is C25H29NO3. The number of phenolic OH excluding ortho intramolecular Hbond substituents is 1. The van der Waals surface area contributed by atoms with Crippen LogP contribution in [0.1, 0.15) is 40.4 Å². The molecule has 0 aromatic heterocycles. The van der Waals surface area contributed by atoms with E-state index < -0.39 is 0 Å². The maximum Gasteiger partial charge on any atom is 0.185 e. The summed E-state index contributed by atoms with van der Waals surface area (Å²) in [5.74, 6) is 0.554. The largest absolute Gasteiger partial charge is 0.507 e. The molecule has 2 N–H and O–H groups in total. The van der Waals surface area contributed by atoms with Crippen LogP contribution in [0.15, 0.2) is 61.7 Å². The Morgan fingerprint density at radius 1 is 1.14 bits per heavy atom. The van der Waals surface area contributed by atoms with Gasteiger partial charge in [-0.25, -0.2) is 0 Å². The second-order valence-electron chi connectivity index (χ2n) is 6.65. The van der Waals surface area contributed by atoms with Gasteiger partial charge in [0.15, 0.2) is 5.78 Å². The molecule has 2 aromatic rings. The number of phenols is 1. The molecule has 0 spiro atoms. The first kappa shape index (κ1) is 22.0. The Hall–Kier alpha value is -3.27. The van der Waals surface area contributed by atoms with Crippen LogP contribution in [0.2, 0.25) is 0 Å². The van der Waals surface area contributed by atoms with Crippen LogP contribution in [0, 0.1) is 0 Å². The van der Waals surface area contributed by atoms with Crippen molar-refractivity contribution in [3.8, 4) is 11.5 Å². The highest BCUT2D eigenvalue weighted by atomic mass is 16.5. The van der Waals surface area contributed by atoms with E-state index in [1.807, 2.05) is 32.2 Å². The van der Waals surface area contributed by atoms with Crippen molar-refractivity contribution in [2.24, 2.45) is 0 Å². The Kier molecular flexibility index (Phi) is 8.28. The van der Waals surface area contributed by atoms with Crippen molar-refractivity contribution < 1.29 is 14.6 Å². The van der Waals surface area contributed by atoms with Gasteiger partial charge in [-0.05, 0) is 72.9 Å². The van der Waals surface area contributed by atoms with Crippen molar-refractivity contribution in [3.63, 3.8) is 0 Å². The van der Waals surface area contributed by atoms with E-state index in [4.69, 9.17) is 4.74 Å². The minimum absolute atomic E-state index is 0.110. The number of aromatic hydroxyl groups is 1. The molecule has 4 heteroatoms. The first-order valence-corrected chi connectivity index (χ1v) is 9.78. The molecule has 0 aliphatic carbocycles. The zero-order valence-corrected chi connectivity index (χ0v) is 17.2. The second kappa shape index (κ2) is 10.9. The van der Waals surface area contributed by atoms with E-state index in [0.717, 1.165) is 23.2 Å². The zero-order valence-electron chi connectivity index (χ0n) is 17.2. The van der Waals surface area contributed by atoms with Crippen LogP contribution < -0.4 is 10.1 Å². The van der Waals surface area contributed by atoms with Crippen molar-refractivity contribution in [1.82, 2.24) is 0 Å². The fourth-order valence-corrected chi connectivity index (χ4v) is 3.00. The fourth-order valence-electron chi connectivity index (χ4n) is 3.00. The molecule has 152 valence electrons. The summed E-state index contributed by atoms with van der Waals surface area (Å²) >= 11 is 0. The van der Waals surface area contributed by atoms with E-state index in [9.17, 15) is 9.90 Å². The predicted octanol–water partition coefficient (Wildman–Crippen LogP) is 5.58. The number of anilines is 1. The lowest BCUT2D eigenvalue weighted by Crippen LogP contribution is -2.03. The van der Waals surface area contributed by atoms with Crippen molar-refractivity contribution >= 4 is 17.5 Å². The van der Waals surface area contributed by atoms with Crippen LogP contribution in [0.3, 0.4) is 0 Å². The van der Waals surface area contributed by atoms with E-state index in [2.05, 4.69) is 18.5 Å². The number of rotatable bonds is 11. The van der Waals surface area contributed by atoms with Crippen LogP contribution in [0.25, 0.3) is 6.08 Å². The summed E-state index contributed by atoms with van der Waals surface area (Å²) in [5, 5.41) is 13.8. The number of hydrogen-bond donors (Lipinski definition) is 2.